The van der Waals surface area contributed by atoms with Crippen molar-refractivity contribution in [3.05, 3.63) is 22.5 Å². The van der Waals surface area contributed by atoms with Crippen LogP contribution in [-0.4, -0.2) is 23.3 Å². The standard InChI is InChI=1S/C21H35NO3/c1-5-7-8-9-10-11-12-13-14-15-18(23)19-16(3)20(22-17(19)4)21(24)25-6-2/h22H,5-15H2,1-4H3. The van der Waals surface area contributed by atoms with Crippen LogP contribution in [0.15, 0.2) is 0 Å². The van der Waals surface area contributed by atoms with Gasteiger partial charge in [-0.3, -0.25) is 4.79 Å². The fraction of sp³-hybridized carbons (Fsp3) is 0.714. The van der Waals surface area contributed by atoms with Crippen LogP contribution in [-0.2, 0) is 4.74 Å². The van der Waals surface area contributed by atoms with E-state index < -0.39 is 0 Å². The zero-order valence-electron chi connectivity index (χ0n) is 16.5. The van der Waals surface area contributed by atoms with Gasteiger partial charge in [-0.25, -0.2) is 4.79 Å². The number of Topliss-reactive ketones (excluding diaryl/α,β-unsaturated/α-hetero) is 1. The lowest BCUT2D eigenvalue weighted by atomic mass is 10.00. The van der Waals surface area contributed by atoms with Crippen molar-refractivity contribution in [2.45, 2.75) is 91.9 Å². The Morgan fingerprint density at radius 1 is 0.880 bits per heavy atom. The highest BCUT2D eigenvalue weighted by Gasteiger charge is 2.22. The zero-order chi connectivity index (χ0) is 18.7. The second-order valence-electron chi connectivity index (χ2n) is 6.85. The van der Waals surface area contributed by atoms with E-state index in [1.165, 1.54) is 44.9 Å². The molecule has 0 atom stereocenters. The molecule has 0 radical (unpaired) electrons. The highest BCUT2D eigenvalue weighted by molar-refractivity contribution is 6.02. The fourth-order valence-electron chi connectivity index (χ4n) is 3.30. The number of aromatic nitrogens is 1. The molecule has 0 saturated carbocycles. The molecule has 0 aliphatic carbocycles. The van der Waals surface area contributed by atoms with E-state index in [0.29, 0.717) is 24.3 Å². The molecular weight excluding hydrogens is 314 g/mol. The topological polar surface area (TPSA) is 59.2 Å². The summed E-state index contributed by atoms with van der Waals surface area (Å²) < 4.78 is 5.04. The Morgan fingerprint density at radius 3 is 2.00 bits per heavy atom. The summed E-state index contributed by atoms with van der Waals surface area (Å²) in [6.45, 7) is 8.01. The highest BCUT2D eigenvalue weighted by atomic mass is 16.5. The summed E-state index contributed by atoms with van der Waals surface area (Å²) in [6, 6.07) is 0. The number of ether oxygens (including phenoxy) is 1. The first-order chi connectivity index (χ1) is 12.0. The summed E-state index contributed by atoms with van der Waals surface area (Å²) in [5, 5.41) is 0. The van der Waals surface area contributed by atoms with Gasteiger partial charge in [0.15, 0.2) is 5.78 Å². The molecule has 0 saturated heterocycles. The first-order valence-electron chi connectivity index (χ1n) is 9.92. The average Bonchev–Trinajstić information content (AvgIpc) is 2.88. The molecular formula is C21H35NO3. The van der Waals surface area contributed by atoms with Crippen LogP contribution in [0.4, 0.5) is 0 Å². The number of rotatable bonds is 13. The maximum atomic E-state index is 12.5. The molecule has 0 aliphatic rings. The van der Waals surface area contributed by atoms with E-state index in [2.05, 4.69) is 11.9 Å². The summed E-state index contributed by atoms with van der Waals surface area (Å²) in [5.41, 5.74) is 2.57. The molecule has 0 unspecified atom stereocenters. The largest absolute Gasteiger partial charge is 0.461 e. The number of carbonyl (C=O) groups excluding carboxylic acids is 2. The first kappa shape index (κ1) is 21.5. The Morgan fingerprint density at radius 2 is 1.44 bits per heavy atom. The van der Waals surface area contributed by atoms with Gasteiger partial charge in [-0.2, -0.15) is 0 Å². The van der Waals surface area contributed by atoms with Gasteiger partial charge in [-0.05, 0) is 32.8 Å². The minimum atomic E-state index is -0.384. The van der Waals surface area contributed by atoms with Crippen LogP contribution >= 0.6 is 0 Å². The van der Waals surface area contributed by atoms with Crippen molar-refractivity contribution < 1.29 is 14.3 Å². The molecule has 1 N–H and O–H groups in total. The number of carbonyl (C=O) groups is 2. The van der Waals surface area contributed by atoms with Crippen molar-refractivity contribution >= 4 is 11.8 Å². The molecule has 1 aromatic heterocycles. The number of H-pyrrole nitrogens is 1. The third-order valence-corrected chi connectivity index (χ3v) is 4.70. The second kappa shape index (κ2) is 11.9. The van der Waals surface area contributed by atoms with Gasteiger partial charge in [0.25, 0.3) is 0 Å². The molecule has 142 valence electrons. The van der Waals surface area contributed by atoms with Crippen LogP contribution in [0, 0.1) is 13.8 Å². The SMILES string of the molecule is CCCCCCCCCCCC(=O)c1c(C)[nH]c(C(=O)OCC)c1C. The van der Waals surface area contributed by atoms with E-state index in [1.807, 2.05) is 13.8 Å². The maximum Gasteiger partial charge on any atom is 0.355 e. The van der Waals surface area contributed by atoms with Gasteiger partial charge < -0.3 is 9.72 Å². The normalized spacial score (nSPS) is 10.9. The predicted molar refractivity (Wildman–Crippen MR) is 102 cm³/mol. The molecule has 4 nitrogen and oxygen atoms in total. The Kier molecular flexibility index (Phi) is 10.2. The summed E-state index contributed by atoms with van der Waals surface area (Å²) in [4.78, 5) is 27.4. The van der Waals surface area contributed by atoms with Crippen LogP contribution in [0.5, 0.6) is 0 Å². The van der Waals surface area contributed by atoms with Crippen molar-refractivity contribution in [1.82, 2.24) is 4.98 Å². The lowest BCUT2D eigenvalue weighted by Crippen LogP contribution is -2.07. The van der Waals surface area contributed by atoms with Gasteiger partial charge in [0.05, 0.1) is 6.61 Å². The summed E-state index contributed by atoms with van der Waals surface area (Å²) >= 11 is 0. The molecule has 25 heavy (non-hydrogen) atoms. The monoisotopic (exact) mass is 349 g/mol. The Hall–Kier alpha value is -1.58. The maximum absolute atomic E-state index is 12.5. The smallest absolute Gasteiger partial charge is 0.355 e. The Labute approximate surface area is 152 Å². The summed E-state index contributed by atoms with van der Waals surface area (Å²) in [7, 11) is 0. The quantitative estimate of drug-likeness (QED) is 0.273. The zero-order valence-corrected chi connectivity index (χ0v) is 16.5. The third kappa shape index (κ3) is 7.05. The van der Waals surface area contributed by atoms with Crippen LogP contribution in [0.2, 0.25) is 0 Å². The van der Waals surface area contributed by atoms with Gasteiger partial charge >= 0.3 is 5.97 Å². The number of unbranched alkanes of at least 4 members (excludes halogenated alkanes) is 8. The minimum absolute atomic E-state index is 0.129. The highest BCUT2D eigenvalue weighted by Crippen LogP contribution is 2.21. The van der Waals surface area contributed by atoms with E-state index in [4.69, 9.17) is 4.74 Å². The number of esters is 1. The molecule has 1 heterocycles. The van der Waals surface area contributed by atoms with E-state index in [9.17, 15) is 9.59 Å². The van der Waals surface area contributed by atoms with Gasteiger partial charge in [-0.1, -0.05) is 58.3 Å². The van der Waals surface area contributed by atoms with Crippen LogP contribution in [0.3, 0.4) is 0 Å². The molecule has 0 spiro atoms. The molecule has 0 aliphatic heterocycles. The minimum Gasteiger partial charge on any atom is -0.461 e. The van der Waals surface area contributed by atoms with Crippen molar-refractivity contribution in [1.29, 1.82) is 0 Å². The second-order valence-corrected chi connectivity index (χ2v) is 6.85. The molecule has 0 bridgehead atoms. The molecule has 1 rings (SSSR count). The first-order valence-corrected chi connectivity index (χ1v) is 9.92. The molecule has 0 amide bonds. The number of aromatic amines is 1. The predicted octanol–water partition coefficient (Wildman–Crippen LogP) is 5.91. The van der Waals surface area contributed by atoms with Crippen molar-refractivity contribution in [2.75, 3.05) is 6.61 Å². The van der Waals surface area contributed by atoms with E-state index in [-0.39, 0.29) is 11.8 Å². The number of hydrogen-bond acceptors (Lipinski definition) is 3. The molecule has 1 aromatic rings. The van der Waals surface area contributed by atoms with Gasteiger partial charge in [0.2, 0.25) is 0 Å². The summed E-state index contributed by atoms with van der Waals surface area (Å²) in [6.07, 6.45) is 11.7. The van der Waals surface area contributed by atoms with Crippen molar-refractivity contribution in [3.63, 3.8) is 0 Å². The number of ketones is 1. The number of hydrogen-bond donors (Lipinski definition) is 1. The Balaban J connectivity index is 2.37. The van der Waals surface area contributed by atoms with E-state index in [1.54, 1.807) is 6.92 Å². The van der Waals surface area contributed by atoms with Gasteiger partial charge in [0.1, 0.15) is 5.69 Å². The summed E-state index contributed by atoms with van der Waals surface area (Å²) in [5.74, 6) is -0.255. The van der Waals surface area contributed by atoms with Crippen LogP contribution < -0.4 is 0 Å². The van der Waals surface area contributed by atoms with Gasteiger partial charge in [0, 0.05) is 17.7 Å². The number of nitrogens with one attached hydrogen (secondary N) is 1. The van der Waals surface area contributed by atoms with Gasteiger partial charge in [-0.15, -0.1) is 0 Å². The van der Waals surface area contributed by atoms with Crippen LogP contribution in [0.25, 0.3) is 0 Å². The molecule has 0 fully saturated rings. The number of aryl methyl sites for hydroxylation is 1. The van der Waals surface area contributed by atoms with Crippen LogP contribution in [0.1, 0.15) is 110 Å². The molecule has 4 heteroatoms. The third-order valence-electron chi connectivity index (χ3n) is 4.70. The fourth-order valence-corrected chi connectivity index (χ4v) is 3.30. The lowest BCUT2D eigenvalue weighted by molar-refractivity contribution is 0.0519. The van der Waals surface area contributed by atoms with Crippen molar-refractivity contribution in [2.24, 2.45) is 0 Å². The molecule has 0 aromatic carbocycles. The van der Waals surface area contributed by atoms with E-state index in [0.717, 1.165) is 24.1 Å². The van der Waals surface area contributed by atoms with E-state index >= 15 is 0 Å². The Bertz CT molecular complexity index is 546. The lowest BCUT2D eigenvalue weighted by Gasteiger charge is -2.04. The van der Waals surface area contributed by atoms with Crippen molar-refractivity contribution in [3.8, 4) is 0 Å². The average molecular weight is 350 g/mol.